The smallest absolute Gasteiger partial charge is 0.255 e. The number of amides is 4. The molecule has 56 heavy (non-hydrogen) atoms. The number of fused-ring (bicyclic) bond motifs is 1. The summed E-state index contributed by atoms with van der Waals surface area (Å²) >= 11 is 6.45. The number of anilines is 6. The van der Waals surface area contributed by atoms with Crippen molar-refractivity contribution in [3.63, 3.8) is 0 Å². The van der Waals surface area contributed by atoms with Crippen molar-refractivity contribution in [3.8, 4) is 5.75 Å². The van der Waals surface area contributed by atoms with Crippen LogP contribution < -0.4 is 41.5 Å². The van der Waals surface area contributed by atoms with Crippen molar-refractivity contribution in [1.29, 1.82) is 0 Å². The molecule has 0 bridgehead atoms. The zero-order valence-corrected chi connectivity index (χ0v) is 32.9. The molecule has 4 aromatic rings. The van der Waals surface area contributed by atoms with Gasteiger partial charge in [-0.25, -0.2) is 4.98 Å². The molecule has 3 aromatic carbocycles. The van der Waals surface area contributed by atoms with Gasteiger partial charge in [0.25, 0.3) is 5.91 Å². The summed E-state index contributed by atoms with van der Waals surface area (Å²) in [5.74, 6) is 0.0303. The summed E-state index contributed by atoms with van der Waals surface area (Å²) in [5, 5.41) is 16.1. The maximum absolute atomic E-state index is 13.2. The molecule has 292 valence electrons. The van der Waals surface area contributed by atoms with Gasteiger partial charge in [-0.1, -0.05) is 29.8 Å². The number of carbonyl (C=O) groups excluding carboxylic acids is 4. The quantitative estimate of drug-likeness (QED) is 0.0973. The lowest BCUT2D eigenvalue weighted by Crippen LogP contribution is -2.52. The van der Waals surface area contributed by atoms with Crippen molar-refractivity contribution in [1.82, 2.24) is 25.5 Å². The Morgan fingerprint density at radius 3 is 2.50 bits per heavy atom. The van der Waals surface area contributed by atoms with Crippen molar-refractivity contribution < 1.29 is 28.5 Å². The highest BCUT2D eigenvalue weighted by Gasteiger charge is 2.40. The Kier molecular flexibility index (Phi) is 11.2. The number of imide groups is 1. The first-order valence-corrected chi connectivity index (χ1v) is 21.3. The van der Waals surface area contributed by atoms with Crippen molar-refractivity contribution in [3.05, 3.63) is 83.0 Å². The molecule has 5 N–H and O–H groups in total. The predicted molar refractivity (Wildman–Crippen MR) is 216 cm³/mol. The van der Waals surface area contributed by atoms with E-state index in [0.29, 0.717) is 50.5 Å². The van der Waals surface area contributed by atoms with Gasteiger partial charge in [-0.15, -0.1) is 0 Å². The third-order valence-electron chi connectivity index (χ3n) is 10.2. The van der Waals surface area contributed by atoms with E-state index >= 15 is 0 Å². The predicted octanol–water partition coefficient (Wildman–Crippen LogP) is 4.83. The van der Waals surface area contributed by atoms with Crippen molar-refractivity contribution in [2.24, 2.45) is 0 Å². The lowest BCUT2D eigenvalue weighted by Gasteiger charge is -2.34. The summed E-state index contributed by atoms with van der Waals surface area (Å²) in [7, 11) is -0.975. The number of benzene rings is 3. The van der Waals surface area contributed by atoms with Crippen molar-refractivity contribution in [2.75, 3.05) is 60.9 Å². The van der Waals surface area contributed by atoms with Gasteiger partial charge >= 0.3 is 0 Å². The Morgan fingerprint density at radius 2 is 1.75 bits per heavy atom. The van der Waals surface area contributed by atoms with Crippen LogP contribution in [0.5, 0.6) is 5.75 Å². The second-order valence-electron chi connectivity index (χ2n) is 14.3. The van der Waals surface area contributed by atoms with Gasteiger partial charge in [0.1, 0.15) is 24.0 Å². The minimum atomic E-state index is -2.57. The highest BCUT2D eigenvalue weighted by atomic mass is 35.5. The average Bonchev–Trinajstić information content (AvgIpc) is 3.51. The zero-order chi connectivity index (χ0) is 39.6. The van der Waals surface area contributed by atoms with E-state index in [-0.39, 0.29) is 49.7 Å². The van der Waals surface area contributed by atoms with Gasteiger partial charge in [0.15, 0.2) is 5.82 Å². The third-order valence-corrected chi connectivity index (χ3v) is 12.0. The minimum absolute atomic E-state index is 0.00659. The normalized spacial score (nSPS) is 17.3. The molecule has 7 rings (SSSR count). The first kappa shape index (κ1) is 38.6. The van der Waals surface area contributed by atoms with E-state index in [1.165, 1.54) is 11.1 Å². The second-order valence-corrected chi connectivity index (χ2v) is 17.9. The van der Waals surface area contributed by atoms with Gasteiger partial charge < -0.3 is 40.4 Å². The first-order valence-electron chi connectivity index (χ1n) is 18.3. The Hall–Kier alpha value is -5.66. The fraction of sp³-hybridized carbons (Fsp3) is 0.333. The standard InChI is InChI=1S/C39H43ClN9O6P/c1-55-32-19-24(11-12-29(32)45-39-42-20-27(40)36(47-39)44-30-8-4-5-10-33(30)56(2,3)54)48-17-15-23(16-18-48)43-35(51)21-41-28-9-6-7-25-26(28)22-49(38(25)53)31-13-14-34(50)46-37(31)52/h4-12,19-20,23,31,41H,13-18,21-22H2,1-3H3,(H,43,51)(H,46,50,52)(H2,42,44,45,47). The van der Waals surface area contributed by atoms with E-state index < -0.39 is 19.1 Å². The summed E-state index contributed by atoms with van der Waals surface area (Å²) in [4.78, 5) is 62.9. The molecular formula is C39H43ClN9O6P. The second kappa shape index (κ2) is 16.2. The number of hydrogen-bond acceptors (Lipinski definition) is 12. The fourth-order valence-corrected chi connectivity index (χ4v) is 8.57. The molecule has 3 aliphatic heterocycles. The molecule has 17 heteroatoms. The average molecular weight is 800 g/mol. The molecule has 1 atom stereocenters. The number of nitrogens with zero attached hydrogens (tertiary/aromatic N) is 4. The number of halogens is 1. The van der Waals surface area contributed by atoms with Crippen LogP contribution in [0.3, 0.4) is 0 Å². The van der Waals surface area contributed by atoms with Gasteiger partial charge in [-0.3, -0.25) is 24.5 Å². The number of para-hydroxylation sites is 1. The summed E-state index contributed by atoms with van der Waals surface area (Å²) in [6.45, 7) is 5.11. The van der Waals surface area contributed by atoms with Crippen LogP contribution in [0.25, 0.3) is 0 Å². The molecular weight excluding hydrogens is 757 g/mol. The van der Waals surface area contributed by atoms with Crippen LogP contribution in [0.4, 0.5) is 34.5 Å². The van der Waals surface area contributed by atoms with Gasteiger partial charge in [-0.2, -0.15) is 4.98 Å². The Balaban J connectivity index is 0.920. The topological polar surface area (TPSA) is 187 Å². The van der Waals surface area contributed by atoms with Crippen LogP contribution in [0.1, 0.15) is 41.6 Å². The molecule has 4 amide bonds. The number of piperidine rings is 2. The molecule has 0 saturated carbocycles. The third kappa shape index (κ3) is 8.43. The maximum Gasteiger partial charge on any atom is 0.255 e. The lowest BCUT2D eigenvalue weighted by molar-refractivity contribution is -0.137. The SMILES string of the molecule is COc1cc(N2CCC(NC(=O)CNc3cccc4c3CN(C3CCC(=O)NC3=O)C4=O)CC2)ccc1Nc1ncc(Cl)c(Nc2ccccc2P(C)(C)=O)n1. The van der Waals surface area contributed by atoms with Crippen LogP contribution in [-0.2, 0) is 25.5 Å². The first-order chi connectivity index (χ1) is 26.9. The molecule has 3 aliphatic rings. The van der Waals surface area contributed by atoms with Crippen molar-refractivity contribution >= 4 is 82.2 Å². The Bertz CT molecular complexity index is 2240. The number of ether oxygens (including phenoxy) is 1. The van der Waals surface area contributed by atoms with Crippen LogP contribution in [0, 0.1) is 0 Å². The van der Waals surface area contributed by atoms with Crippen LogP contribution >= 0.6 is 18.7 Å². The highest BCUT2D eigenvalue weighted by molar-refractivity contribution is 7.70. The minimum Gasteiger partial charge on any atom is -0.494 e. The van der Waals surface area contributed by atoms with E-state index in [4.69, 9.17) is 16.3 Å². The maximum atomic E-state index is 13.2. The Morgan fingerprint density at radius 1 is 0.982 bits per heavy atom. The van der Waals surface area contributed by atoms with E-state index in [9.17, 15) is 23.7 Å². The molecule has 0 aliphatic carbocycles. The van der Waals surface area contributed by atoms with Gasteiger partial charge in [0.2, 0.25) is 23.7 Å². The molecule has 1 aromatic heterocycles. The highest BCUT2D eigenvalue weighted by Crippen LogP contribution is 2.39. The number of hydrogen-bond donors (Lipinski definition) is 5. The zero-order valence-electron chi connectivity index (χ0n) is 31.2. The van der Waals surface area contributed by atoms with E-state index in [1.807, 2.05) is 48.5 Å². The van der Waals surface area contributed by atoms with E-state index in [2.05, 4.69) is 41.5 Å². The largest absolute Gasteiger partial charge is 0.494 e. The van der Waals surface area contributed by atoms with Crippen molar-refractivity contribution in [2.45, 2.75) is 44.3 Å². The number of carbonyl (C=O) groups is 4. The summed E-state index contributed by atoms with van der Waals surface area (Å²) < 4.78 is 18.6. The molecule has 2 fully saturated rings. The van der Waals surface area contributed by atoms with Crippen LogP contribution in [0.15, 0.2) is 66.9 Å². The van der Waals surface area contributed by atoms with E-state index in [0.717, 1.165) is 37.2 Å². The number of nitrogens with one attached hydrogen (secondary N) is 5. The summed E-state index contributed by atoms with van der Waals surface area (Å²) in [6, 6.07) is 17.8. The Labute approximate surface area is 329 Å². The molecule has 2 saturated heterocycles. The molecule has 15 nitrogen and oxygen atoms in total. The molecule has 0 spiro atoms. The summed E-state index contributed by atoms with van der Waals surface area (Å²) in [6.07, 6.45) is 3.45. The number of aromatic nitrogens is 2. The number of rotatable bonds is 12. The lowest BCUT2D eigenvalue weighted by atomic mass is 10.0. The van der Waals surface area contributed by atoms with E-state index in [1.54, 1.807) is 32.6 Å². The van der Waals surface area contributed by atoms with Crippen LogP contribution in [0.2, 0.25) is 5.02 Å². The molecule has 4 heterocycles. The molecule has 1 unspecified atom stereocenters. The fourth-order valence-electron chi connectivity index (χ4n) is 7.28. The molecule has 0 radical (unpaired) electrons. The van der Waals surface area contributed by atoms with Gasteiger partial charge in [-0.05, 0) is 69.0 Å². The summed E-state index contributed by atoms with van der Waals surface area (Å²) in [5.41, 5.74) is 4.16. The van der Waals surface area contributed by atoms with Crippen LogP contribution in [-0.4, -0.2) is 90.7 Å². The number of methoxy groups -OCH3 is 1. The van der Waals surface area contributed by atoms with Gasteiger partial charge in [0.05, 0.1) is 31.2 Å². The van der Waals surface area contributed by atoms with Gasteiger partial charge in [0, 0.05) is 66.0 Å². The monoisotopic (exact) mass is 799 g/mol.